The molecule has 0 saturated carbocycles. The minimum atomic E-state index is -0.270. The number of aryl methyl sites for hydroxylation is 2. The Hall–Kier alpha value is -3.26. The Bertz CT molecular complexity index is 1080. The normalized spacial score (nSPS) is 15.2. The van der Waals surface area contributed by atoms with Crippen molar-refractivity contribution in [1.82, 2.24) is 14.9 Å². The van der Waals surface area contributed by atoms with E-state index in [1.165, 1.54) is 0 Å². The maximum absolute atomic E-state index is 13.2. The highest BCUT2D eigenvalue weighted by atomic mass is 16.6. The van der Waals surface area contributed by atoms with Gasteiger partial charge in [0, 0.05) is 32.4 Å². The van der Waals surface area contributed by atoms with Crippen LogP contribution in [0.25, 0.3) is 11.0 Å². The molecule has 2 aromatic carbocycles. The molecule has 1 atom stereocenters. The molecule has 164 valence electrons. The number of benzene rings is 2. The summed E-state index contributed by atoms with van der Waals surface area (Å²) in [5, 5.41) is 2.98. The van der Waals surface area contributed by atoms with E-state index >= 15 is 0 Å². The maximum Gasteiger partial charge on any atom is 0.253 e. The largest absolute Gasteiger partial charge is 0.486 e. The van der Waals surface area contributed by atoms with E-state index in [-0.39, 0.29) is 12.0 Å². The molecule has 1 amide bonds. The number of nitrogen functional groups attached to an aromatic ring is 1. The molecule has 0 radical (unpaired) electrons. The first-order chi connectivity index (χ1) is 15.1. The number of carbonyl (C=O) groups is 1. The quantitative estimate of drug-likeness (QED) is 0.426. The number of rotatable bonds is 8. The van der Waals surface area contributed by atoms with Crippen molar-refractivity contribution in [2.75, 3.05) is 32.6 Å². The van der Waals surface area contributed by atoms with Crippen LogP contribution in [0.3, 0.4) is 0 Å². The number of aromatic nitrogens is 2. The van der Waals surface area contributed by atoms with Crippen molar-refractivity contribution in [2.45, 2.75) is 32.4 Å². The number of carbonyl (C=O) groups excluding carboxylic acids is 1. The highest BCUT2D eigenvalue weighted by Gasteiger charge is 2.23. The predicted molar refractivity (Wildman–Crippen MR) is 119 cm³/mol. The molecule has 8 heteroatoms. The third-order valence-corrected chi connectivity index (χ3v) is 5.29. The Morgan fingerprint density at radius 3 is 2.90 bits per heavy atom. The first kappa shape index (κ1) is 21.0. The van der Waals surface area contributed by atoms with Gasteiger partial charge in [-0.1, -0.05) is 19.1 Å². The van der Waals surface area contributed by atoms with Gasteiger partial charge >= 0.3 is 0 Å². The van der Waals surface area contributed by atoms with Gasteiger partial charge in [0.1, 0.15) is 18.5 Å². The molecule has 0 saturated heterocycles. The zero-order valence-corrected chi connectivity index (χ0v) is 17.9. The standard InChI is InChI=1S/C23H28N4O4/c1-3-21-26-18-12-15(24)11-17(22(18)27(21)9-6-10-29-2)23(28)25-13-16-14-30-19-7-4-5-8-20(19)31-16/h4-5,7-8,11-12,16H,3,6,9-10,13-14,24H2,1-2H3,(H,25,28)/t16-/m1/s1. The summed E-state index contributed by atoms with van der Waals surface area (Å²) in [6, 6.07) is 11.0. The second-order valence-corrected chi connectivity index (χ2v) is 7.52. The van der Waals surface area contributed by atoms with E-state index in [0.717, 1.165) is 35.4 Å². The molecule has 0 bridgehead atoms. The minimum Gasteiger partial charge on any atom is -0.486 e. The number of anilines is 1. The number of fused-ring (bicyclic) bond motifs is 2. The SMILES string of the molecule is CCc1nc2cc(N)cc(C(=O)NC[C@@H]3COc4ccccc4O3)c2n1CCCOC. The molecule has 31 heavy (non-hydrogen) atoms. The summed E-state index contributed by atoms with van der Waals surface area (Å²) in [5.41, 5.74) is 8.63. The van der Waals surface area contributed by atoms with Crippen LogP contribution in [0.4, 0.5) is 5.69 Å². The molecular weight excluding hydrogens is 396 g/mol. The lowest BCUT2D eigenvalue weighted by molar-refractivity contribution is 0.0790. The van der Waals surface area contributed by atoms with Gasteiger partial charge in [-0.15, -0.1) is 0 Å². The van der Waals surface area contributed by atoms with E-state index in [9.17, 15) is 4.79 Å². The smallest absolute Gasteiger partial charge is 0.253 e. The number of nitrogens with one attached hydrogen (secondary N) is 1. The highest BCUT2D eigenvalue weighted by molar-refractivity contribution is 6.06. The Morgan fingerprint density at radius 1 is 1.32 bits per heavy atom. The van der Waals surface area contributed by atoms with Gasteiger partial charge in [0.25, 0.3) is 5.91 Å². The second kappa shape index (κ2) is 9.26. The van der Waals surface area contributed by atoms with Gasteiger partial charge in [-0.05, 0) is 30.7 Å². The van der Waals surface area contributed by atoms with Gasteiger partial charge in [0.05, 0.1) is 23.1 Å². The molecule has 1 aliphatic rings. The van der Waals surface area contributed by atoms with Gasteiger partial charge < -0.3 is 29.8 Å². The second-order valence-electron chi connectivity index (χ2n) is 7.52. The predicted octanol–water partition coefficient (Wildman–Crippen LogP) is 2.79. The van der Waals surface area contributed by atoms with Crippen LogP contribution in [0, 0.1) is 0 Å². The summed E-state index contributed by atoms with van der Waals surface area (Å²) in [6.07, 6.45) is 1.32. The number of imidazole rings is 1. The first-order valence-corrected chi connectivity index (χ1v) is 10.5. The fourth-order valence-corrected chi connectivity index (χ4v) is 3.85. The van der Waals surface area contributed by atoms with Gasteiger partial charge in [-0.25, -0.2) is 4.98 Å². The fraction of sp³-hybridized carbons (Fsp3) is 0.391. The first-order valence-electron chi connectivity index (χ1n) is 10.5. The maximum atomic E-state index is 13.2. The van der Waals surface area contributed by atoms with Crippen LogP contribution in [0.15, 0.2) is 36.4 Å². The number of hydrogen-bond donors (Lipinski definition) is 2. The number of amides is 1. The molecule has 3 N–H and O–H groups in total. The summed E-state index contributed by atoms with van der Waals surface area (Å²) in [7, 11) is 1.68. The van der Waals surface area contributed by atoms with E-state index in [4.69, 9.17) is 24.9 Å². The van der Waals surface area contributed by atoms with E-state index in [0.29, 0.717) is 43.3 Å². The third kappa shape index (κ3) is 4.44. The summed E-state index contributed by atoms with van der Waals surface area (Å²) in [5.74, 6) is 2.11. The van der Waals surface area contributed by atoms with Crippen LogP contribution in [0.1, 0.15) is 29.5 Å². The van der Waals surface area contributed by atoms with Crippen LogP contribution in [0.2, 0.25) is 0 Å². The van der Waals surface area contributed by atoms with Crippen LogP contribution in [-0.4, -0.2) is 48.4 Å². The monoisotopic (exact) mass is 424 g/mol. The summed E-state index contributed by atoms with van der Waals surface area (Å²) < 4.78 is 19.0. The fourth-order valence-electron chi connectivity index (χ4n) is 3.85. The van der Waals surface area contributed by atoms with Gasteiger partial charge in [0.15, 0.2) is 11.5 Å². The van der Waals surface area contributed by atoms with Crippen molar-refractivity contribution in [3.05, 3.63) is 47.8 Å². The molecule has 0 unspecified atom stereocenters. The van der Waals surface area contributed by atoms with Crippen LogP contribution >= 0.6 is 0 Å². The molecule has 2 heterocycles. The lowest BCUT2D eigenvalue weighted by Crippen LogP contribution is -2.40. The van der Waals surface area contributed by atoms with Crippen molar-refractivity contribution in [2.24, 2.45) is 0 Å². The molecule has 1 aliphatic heterocycles. The molecule has 3 aromatic rings. The number of hydrogen-bond acceptors (Lipinski definition) is 6. The molecule has 0 aliphatic carbocycles. The van der Waals surface area contributed by atoms with E-state index in [2.05, 4.69) is 16.8 Å². The Labute approximate surface area is 181 Å². The topological polar surface area (TPSA) is 101 Å². The van der Waals surface area contributed by atoms with Crippen LogP contribution in [-0.2, 0) is 17.7 Å². The zero-order valence-electron chi connectivity index (χ0n) is 17.9. The number of nitrogens with two attached hydrogens (primary N) is 1. The average molecular weight is 425 g/mol. The zero-order chi connectivity index (χ0) is 21.8. The van der Waals surface area contributed by atoms with Crippen molar-refractivity contribution < 1.29 is 19.0 Å². The van der Waals surface area contributed by atoms with Crippen molar-refractivity contribution in [1.29, 1.82) is 0 Å². The number of para-hydroxylation sites is 2. The summed E-state index contributed by atoms with van der Waals surface area (Å²) in [4.78, 5) is 17.9. The summed E-state index contributed by atoms with van der Waals surface area (Å²) >= 11 is 0. The van der Waals surface area contributed by atoms with Gasteiger partial charge in [0.2, 0.25) is 0 Å². The van der Waals surface area contributed by atoms with Gasteiger partial charge in [-0.3, -0.25) is 4.79 Å². The number of ether oxygens (including phenoxy) is 3. The third-order valence-electron chi connectivity index (χ3n) is 5.29. The van der Waals surface area contributed by atoms with Gasteiger partial charge in [-0.2, -0.15) is 0 Å². The van der Waals surface area contributed by atoms with Crippen LogP contribution in [0.5, 0.6) is 11.5 Å². The highest BCUT2D eigenvalue weighted by Crippen LogP contribution is 2.31. The summed E-state index contributed by atoms with van der Waals surface area (Å²) in [6.45, 7) is 4.10. The molecule has 0 spiro atoms. The average Bonchev–Trinajstić information content (AvgIpc) is 3.14. The number of nitrogens with zero attached hydrogens (tertiary/aromatic N) is 2. The Morgan fingerprint density at radius 2 is 2.13 bits per heavy atom. The minimum absolute atomic E-state index is 0.213. The van der Waals surface area contributed by atoms with E-state index in [1.807, 2.05) is 30.3 Å². The lowest BCUT2D eigenvalue weighted by atomic mass is 10.1. The number of methoxy groups -OCH3 is 1. The van der Waals surface area contributed by atoms with Crippen molar-refractivity contribution in [3.8, 4) is 11.5 Å². The lowest BCUT2D eigenvalue weighted by Gasteiger charge is -2.26. The van der Waals surface area contributed by atoms with E-state index < -0.39 is 0 Å². The van der Waals surface area contributed by atoms with Crippen molar-refractivity contribution >= 4 is 22.6 Å². The Kier molecular flexibility index (Phi) is 6.27. The molecule has 1 aromatic heterocycles. The van der Waals surface area contributed by atoms with E-state index in [1.54, 1.807) is 13.2 Å². The Balaban J connectivity index is 1.55. The van der Waals surface area contributed by atoms with Crippen LogP contribution < -0.4 is 20.5 Å². The van der Waals surface area contributed by atoms with Crippen molar-refractivity contribution in [3.63, 3.8) is 0 Å². The molecular formula is C23H28N4O4. The molecule has 0 fully saturated rings. The molecule has 8 nitrogen and oxygen atoms in total. The molecule has 4 rings (SSSR count).